The fourth-order valence-electron chi connectivity index (χ4n) is 2.49. The number of piperidine rings is 1. The number of nitrogens with zero attached hydrogens (tertiary/aromatic N) is 3. The van der Waals surface area contributed by atoms with Gasteiger partial charge in [0.25, 0.3) is 0 Å². The molecular weight excluding hydrogens is 252 g/mol. The van der Waals surface area contributed by atoms with Crippen LogP contribution in [0.15, 0.2) is 36.8 Å². The van der Waals surface area contributed by atoms with Gasteiger partial charge in [-0.15, -0.1) is 0 Å². The van der Waals surface area contributed by atoms with Crippen molar-refractivity contribution in [2.24, 2.45) is 5.73 Å². The predicted molar refractivity (Wildman–Crippen MR) is 77.7 cm³/mol. The number of imidazole rings is 1. The van der Waals surface area contributed by atoms with Gasteiger partial charge in [0.15, 0.2) is 0 Å². The summed E-state index contributed by atoms with van der Waals surface area (Å²) in [5.41, 5.74) is 8.41. The predicted octanol–water partition coefficient (Wildman–Crippen LogP) is 1.85. The largest absolute Gasteiger partial charge is 0.325 e. The number of benzene rings is 1. The van der Waals surface area contributed by atoms with Crippen molar-refractivity contribution in [2.45, 2.75) is 25.8 Å². The second-order valence-corrected chi connectivity index (χ2v) is 5.00. The first-order valence-corrected chi connectivity index (χ1v) is 6.91. The monoisotopic (exact) mass is 270 g/mol. The van der Waals surface area contributed by atoms with Crippen LogP contribution in [-0.2, 0) is 11.3 Å². The molecule has 0 unspecified atom stereocenters. The second kappa shape index (κ2) is 5.46. The maximum atomic E-state index is 11.9. The third-order valence-electron chi connectivity index (χ3n) is 3.63. The van der Waals surface area contributed by atoms with Crippen LogP contribution in [0.1, 0.15) is 25.0 Å². The van der Waals surface area contributed by atoms with E-state index in [-0.39, 0.29) is 5.91 Å². The summed E-state index contributed by atoms with van der Waals surface area (Å²) in [6, 6.07) is 7.97. The molecule has 3 rings (SSSR count). The fraction of sp³-hybridized carbons (Fsp3) is 0.333. The quantitative estimate of drug-likeness (QED) is 0.925. The van der Waals surface area contributed by atoms with Crippen LogP contribution in [0.2, 0.25) is 0 Å². The summed E-state index contributed by atoms with van der Waals surface area (Å²) < 4.78 is 1.93. The van der Waals surface area contributed by atoms with Crippen LogP contribution in [0.5, 0.6) is 0 Å². The van der Waals surface area contributed by atoms with Gasteiger partial charge in [0, 0.05) is 37.1 Å². The molecule has 1 aromatic carbocycles. The highest BCUT2D eigenvalue weighted by molar-refractivity contribution is 5.94. The first-order valence-electron chi connectivity index (χ1n) is 6.91. The Labute approximate surface area is 118 Å². The zero-order valence-electron chi connectivity index (χ0n) is 11.3. The van der Waals surface area contributed by atoms with Crippen molar-refractivity contribution in [2.75, 3.05) is 11.4 Å². The van der Waals surface area contributed by atoms with Gasteiger partial charge in [0.1, 0.15) is 0 Å². The number of amides is 1. The molecule has 1 aliphatic rings. The standard InChI is InChI=1S/C15H18N4O/c16-9-12-10-18(11-17-12)13-4-6-14(7-5-13)19-8-2-1-3-15(19)20/h4-7,10-11H,1-3,8-9,16H2. The Morgan fingerprint density at radius 3 is 2.55 bits per heavy atom. The summed E-state index contributed by atoms with van der Waals surface area (Å²) >= 11 is 0. The van der Waals surface area contributed by atoms with Crippen molar-refractivity contribution in [1.82, 2.24) is 9.55 Å². The summed E-state index contributed by atoms with van der Waals surface area (Å²) in [6.45, 7) is 1.26. The minimum atomic E-state index is 0.219. The van der Waals surface area contributed by atoms with Gasteiger partial charge in [0.05, 0.1) is 12.0 Å². The van der Waals surface area contributed by atoms with Gasteiger partial charge < -0.3 is 15.2 Å². The van der Waals surface area contributed by atoms with Crippen LogP contribution in [0.4, 0.5) is 5.69 Å². The Morgan fingerprint density at radius 2 is 1.90 bits per heavy atom. The molecule has 5 nitrogen and oxygen atoms in total. The first-order chi connectivity index (χ1) is 9.78. The average Bonchev–Trinajstić information content (AvgIpc) is 2.97. The number of hydrogen-bond acceptors (Lipinski definition) is 3. The number of carbonyl (C=O) groups is 1. The highest BCUT2D eigenvalue weighted by Gasteiger charge is 2.19. The van der Waals surface area contributed by atoms with E-state index in [4.69, 9.17) is 5.73 Å². The molecule has 2 N–H and O–H groups in total. The van der Waals surface area contributed by atoms with Crippen molar-refractivity contribution in [3.05, 3.63) is 42.5 Å². The molecule has 0 bridgehead atoms. The van der Waals surface area contributed by atoms with E-state index in [0.717, 1.165) is 36.5 Å². The van der Waals surface area contributed by atoms with E-state index in [1.165, 1.54) is 0 Å². The van der Waals surface area contributed by atoms with Gasteiger partial charge in [0.2, 0.25) is 5.91 Å². The number of hydrogen-bond donors (Lipinski definition) is 1. The maximum absolute atomic E-state index is 11.9. The Balaban J connectivity index is 1.82. The van der Waals surface area contributed by atoms with Crippen molar-refractivity contribution >= 4 is 11.6 Å². The molecule has 0 radical (unpaired) electrons. The summed E-state index contributed by atoms with van der Waals surface area (Å²) in [7, 11) is 0. The van der Waals surface area contributed by atoms with Gasteiger partial charge in [-0.05, 0) is 37.1 Å². The molecule has 1 amide bonds. The van der Waals surface area contributed by atoms with Crippen LogP contribution < -0.4 is 10.6 Å². The lowest BCUT2D eigenvalue weighted by atomic mass is 10.1. The molecule has 104 valence electrons. The van der Waals surface area contributed by atoms with Gasteiger partial charge >= 0.3 is 0 Å². The Morgan fingerprint density at radius 1 is 1.15 bits per heavy atom. The minimum Gasteiger partial charge on any atom is -0.325 e. The molecule has 0 atom stereocenters. The molecule has 5 heteroatoms. The summed E-state index contributed by atoms with van der Waals surface area (Å²) in [6.07, 6.45) is 6.41. The lowest BCUT2D eigenvalue weighted by Gasteiger charge is -2.26. The maximum Gasteiger partial charge on any atom is 0.226 e. The number of nitrogens with two attached hydrogens (primary N) is 1. The SMILES string of the molecule is NCc1cn(-c2ccc(N3CCCCC3=O)cc2)cn1. The third kappa shape index (κ3) is 2.44. The number of anilines is 1. The summed E-state index contributed by atoms with van der Waals surface area (Å²) in [4.78, 5) is 18.0. The molecule has 1 aromatic heterocycles. The van der Waals surface area contributed by atoms with Crippen molar-refractivity contribution in [3.8, 4) is 5.69 Å². The van der Waals surface area contributed by atoms with Gasteiger partial charge in [-0.3, -0.25) is 4.79 Å². The Hall–Kier alpha value is -2.14. The molecular formula is C15H18N4O. The van der Waals surface area contributed by atoms with Gasteiger partial charge in [-0.1, -0.05) is 0 Å². The highest BCUT2D eigenvalue weighted by atomic mass is 16.2. The zero-order valence-corrected chi connectivity index (χ0v) is 11.3. The van der Waals surface area contributed by atoms with Gasteiger partial charge in [-0.2, -0.15) is 0 Å². The van der Waals surface area contributed by atoms with Crippen molar-refractivity contribution < 1.29 is 4.79 Å². The second-order valence-electron chi connectivity index (χ2n) is 5.00. The number of carbonyl (C=O) groups excluding carboxylic acids is 1. The molecule has 2 aromatic rings. The molecule has 1 fully saturated rings. The van der Waals surface area contributed by atoms with Gasteiger partial charge in [-0.25, -0.2) is 4.98 Å². The highest BCUT2D eigenvalue weighted by Crippen LogP contribution is 2.22. The van der Waals surface area contributed by atoms with Crippen LogP contribution in [0, 0.1) is 0 Å². The van der Waals surface area contributed by atoms with E-state index >= 15 is 0 Å². The molecule has 0 saturated carbocycles. The van der Waals surface area contributed by atoms with Crippen LogP contribution in [-0.4, -0.2) is 22.0 Å². The van der Waals surface area contributed by atoms with E-state index in [9.17, 15) is 4.79 Å². The van der Waals surface area contributed by atoms with Crippen LogP contribution in [0.3, 0.4) is 0 Å². The van der Waals surface area contributed by atoms with Crippen LogP contribution in [0.25, 0.3) is 5.69 Å². The molecule has 0 aliphatic carbocycles. The lowest BCUT2D eigenvalue weighted by Crippen LogP contribution is -2.35. The molecule has 1 aliphatic heterocycles. The fourth-order valence-corrected chi connectivity index (χ4v) is 2.49. The molecule has 2 heterocycles. The molecule has 0 spiro atoms. The van der Waals surface area contributed by atoms with E-state index in [1.807, 2.05) is 39.9 Å². The van der Waals surface area contributed by atoms with E-state index in [1.54, 1.807) is 6.33 Å². The number of aromatic nitrogens is 2. The van der Waals surface area contributed by atoms with Crippen LogP contribution >= 0.6 is 0 Å². The normalized spacial score (nSPS) is 15.7. The van der Waals surface area contributed by atoms with E-state index in [2.05, 4.69) is 4.98 Å². The lowest BCUT2D eigenvalue weighted by molar-refractivity contribution is -0.119. The van der Waals surface area contributed by atoms with Crippen molar-refractivity contribution in [3.63, 3.8) is 0 Å². The molecule has 1 saturated heterocycles. The van der Waals surface area contributed by atoms with E-state index < -0.39 is 0 Å². The number of rotatable bonds is 3. The zero-order chi connectivity index (χ0) is 13.9. The van der Waals surface area contributed by atoms with Crippen molar-refractivity contribution in [1.29, 1.82) is 0 Å². The first kappa shape index (κ1) is 12.9. The topological polar surface area (TPSA) is 64.2 Å². The smallest absolute Gasteiger partial charge is 0.226 e. The van der Waals surface area contributed by atoms with E-state index in [0.29, 0.717) is 13.0 Å². The Bertz CT molecular complexity index is 603. The Kier molecular flexibility index (Phi) is 3.52. The summed E-state index contributed by atoms with van der Waals surface area (Å²) in [5.74, 6) is 0.219. The molecule has 20 heavy (non-hydrogen) atoms. The third-order valence-corrected chi connectivity index (χ3v) is 3.63. The summed E-state index contributed by atoms with van der Waals surface area (Å²) in [5, 5.41) is 0. The minimum absolute atomic E-state index is 0.219. The average molecular weight is 270 g/mol.